The first-order chi connectivity index (χ1) is 12.0. The zero-order chi connectivity index (χ0) is 17.9. The van der Waals surface area contributed by atoms with Gasteiger partial charge >= 0.3 is 5.97 Å². The Balaban J connectivity index is 1.65. The van der Waals surface area contributed by atoms with Crippen LogP contribution in [0, 0.1) is 6.92 Å². The molecule has 6 nitrogen and oxygen atoms in total. The van der Waals surface area contributed by atoms with Gasteiger partial charge in [-0.2, -0.15) is 0 Å². The lowest BCUT2D eigenvalue weighted by molar-refractivity contribution is -0.139. The number of carboxylic acids is 1. The molecule has 2 N–H and O–H groups in total. The number of nitrogens with zero attached hydrogens (tertiary/aromatic N) is 1. The summed E-state index contributed by atoms with van der Waals surface area (Å²) in [5.41, 5.74) is 2.08. The molecule has 1 aliphatic heterocycles. The molecular formula is C18H20N2O4S. The molecule has 1 saturated heterocycles. The zero-order valence-corrected chi connectivity index (χ0v) is 14.8. The summed E-state index contributed by atoms with van der Waals surface area (Å²) in [5, 5.41) is 14.7. The fourth-order valence-corrected chi connectivity index (χ4v) is 3.73. The third-order valence-corrected chi connectivity index (χ3v) is 5.13. The Morgan fingerprint density at radius 3 is 2.76 bits per heavy atom. The summed E-state index contributed by atoms with van der Waals surface area (Å²) in [7, 11) is 0. The van der Waals surface area contributed by atoms with Crippen LogP contribution in [0.5, 0.6) is 0 Å². The van der Waals surface area contributed by atoms with Crippen LogP contribution in [-0.4, -0.2) is 40.7 Å². The van der Waals surface area contributed by atoms with Crippen molar-refractivity contribution in [1.29, 1.82) is 0 Å². The standard InChI is InChI=1S/C18H20N2O4S/c1-12-2-4-13(5-3-12)17-19-14(10-25-17)8-15(21)20-18(9-16(22)23)6-7-24-11-18/h2-5,10H,6-9,11H2,1H3,(H,20,21)(H,22,23). The second-order valence-electron chi connectivity index (χ2n) is 6.39. The Kier molecular flexibility index (Phi) is 5.15. The van der Waals surface area contributed by atoms with Crippen molar-refractivity contribution in [2.75, 3.05) is 13.2 Å². The monoisotopic (exact) mass is 360 g/mol. The predicted molar refractivity (Wildman–Crippen MR) is 94.6 cm³/mol. The van der Waals surface area contributed by atoms with Crippen molar-refractivity contribution in [3.05, 3.63) is 40.9 Å². The molecule has 132 valence electrons. The Morgan fingerprint density at radius 2 is 2.12 bits per heavy atom. The van der Waals surface area contributed by atoms with Crippen LogP contribution in [0.4, 0.5) is 0 Å². The number of rotatable bonds is 6. The van der Waals surface area contributed by atoms with Gasteiger partial charge in [0.05, 0.1) is 30.7 Å². The smallest absolute Gasteiger partial charge is 0.305 e. The molecule has 7 heteroatoms. The Hall–Kier alpha value is -2.25. The van der Waals surface area contributed by atoms with Gasteiger partial charge in [-0.15, -0.1) is 11.3 Å². The average Bonchev–Trinajstić information content (AvgIpc) is 3.17. The van der Waals surface area contributed by atoms with Crippen LogP contribution >= 0.6 is 11.3 Å². The molecule has 0 aliphatic carbocycles. The number of hydrogen-bond acceptors (Lipinski definition) is 5. The Labute approximate surface area is 149 Å². The molecule has 2 heterocycles. The van der Waals surface area contributed by atoms with E-state index in [1.807, 2.05) is 36.6 Å². The van der Waals surface area contributed by atoms with Crippen molar-refractivity contribution in [1.82, 2.24) is 10.3 Å². The Bertz CT molecular complexity index is 764. The first-order valence-electron chi connectivity index (χ1n) is 8.08. The van der Waals surface area contributed by atoms with E-state index < -0.39 is 11.5 Å². The van der Waals surface area contributed by atoms with Crippen LogP contribution in [0.1, 0.15) is 24.1 Å². The second-order valence-corrected chi connectivity index (χ2v) is 7.25. The topological polar surface area (TPSA) is 88.5 Å². The SMILES string of the molecule is Cc1ccc(-c2nc(CC(=O)NC3(CC(=O)O)CCOC3)cs2)cc1. The summed E-state index contributed by atoms with van der Waals surface area (Å²) in [6.07, 6.45) is 0.505. The van der Waals surface area contributed by atoms with E-state index in [0.717, 1.165) is 10.6 Å². The minimum Gasteiger partial charge on any atom is -0.481 e. The van der Waals surface area contributed by atoms with Crippen molar-refractivity contribution in [3.8, 4) is 10.6 Å². The van der Waals surface area contributed by atoms with Gasteiger partial charge in [0.1, 0.15) is 5.01 Å². The normalized spacial score (nSPS) is 19.7. The van der Waals surface area contributed by atoms with E-state index in [1.54, 1.807) is 0 Å². The highest BCUT2D eigenvalue weighted by molar-refractivity contribution is 7.13. The van der Waals surface area contributed by atoms with Gasteiger partial charge in [0.2, 0.25) is 5.91 Å². The maximum atomic E-state index is 12.4. The molecule has 1 atom stereocenters. The number of carbonyl (C=O) groups is 2. The van der Waals surface area contributed by atoms with Crippen molar-refractivity contribution >= 4 is 23.2 Å². The number of aromatic nitrogens is 1. The van der Waals surface area contributed by atoms with E-state index >= 15 is 0 Å². The average molecular weight is 360 g/mol. The largest absolute Gasteiger partial charge is 0.481 e. The van der Waals surface area contributed by atoms with E-state index in [9.17, 15) is 9.59 Å². The van der Waals surface area contributed by atoms with E-state index in [1.165, 1.54) is 16.9 Å². The van der Waals surface area contributed by atoms with Gasteiger partial charge in [-0.25, -0.2) is 4.98 Å². The highest BCUT2D eigenvalue weighted by Crippen LogP contribution is 2.25. The van der Waals surface area contributed by atoms with Gasteiger partial charge < -0.3 is 15.2 Å². The third kappa shape index (κ3) is 4.43. The van der Waals surface area contributed by atoms with Crippen LogP contribution in [0.25, 0.3) is 10.6 Å². The lowest BCUT2D eigenvalue weighted by atomic mass is 9.94. The molecule has 0 bridgehead atoms. The number of carbonyl (C=O) groups excluding carboxylic acids is 1. The molecule has 1 unspecified atom stereocenters. The number of aliphatic carboxylic acids is 1. The number of thiazole rings is 1. The van der Waals surface area contributed by atoms with E-state index in [-0.39, 0.29) is 25.4 Å². The number of benzene rings is 1. The summed E-state index contributed by atoms with van der Waals surface area (Å²) in [6, 6.07) is 8.07. The molecule has 0 spiro atoms. The fraction of sp³-hybridized carbons (Fsp3) is 0.389. The number of carboxylic acid groups (broad SMARTS) is 1. The van der Waals surface area contributed by atoms with E-state index in [0.29, 0.717) is 18.7 Å². The minimum absolute atomic E-state index is 0.129. The number of hydrogen-bond donors (Lipinski definition) is 2. The summed E-state index contributed by atoms with van der Waals surface area (Å²) in [6.45, 7) is 2.72. The Morgan fingerprint density at radius 1 is 1.36 bits per heavy atom. The lowest BCUT2D eigenvalue weighted by Crippen LogP contribution is -2.51. The van der Waals surface area contributed by atoms with E-state index in [4.69, 9.17) is 9.84 Å². The summed E-state index contributed by atoms with van der Waals surface area (Å²) in [5.74, 6) is -1.17. The highest BCUT2D eigenvalue weighted by atomic mass is 32.1. The summed E-state index contributed by atoms with van der Waals surface area (Å²) < 4.78 is 5.29. The molecule has 3 rings (SSSR count). The summed E-state index contributed by atoms with van der Waals surface area (Å²) >= 11 is 1.49. The number of ether oxygens (including phenoxy) is 1. The third-order valence-electron chi connectivity index (χ3n) is 4.19. The van der Waals surface area contributed by atoms with Crippen molar-refractivity contribution in [2.24, 2.45) is 0 Å². The molecule has 2 aromatic rings. The van der Waals surface area contributed by atoms with Gasteiger partial charge in [0, 0.05) is 17.6 Å². The quantitative estimate of drug-likeness (QED) is 0.826. The van der Waals surface area contributed by atoms with Gasteiger partial charge in [-0.3, -0.25) is 9.59 Å². The molecule has 1 fully saturated rings. The number of aryl methyl sites for hydroxylation is 1. The predicted octanol–water partition coefficient (Wildman–Crippen LogP) is 2.41. The second kappa shape index (κ2) is 7.33. The summed E-state index contributed by atoms with van der Waals surface area (Å²) in [4.78, 5) is 27.9. The van der Waals surface area contributed by atoms with Gasteiger partial charge in [-0.1, -0.05) is 29.8 Å². The first kappa shape index (κ1) is 17.6. The maximum Gasteiger partial charge on any atom is 0.305 e. The molecule has 0 saturated carbocycles. The molecule has 0 radical (unpaired) electrons. The molecule has 1 aromatic carbocycles. The van der Waals surface area contributed by atoms with Crippen LogP contribution in [0.15, 0.2) is 29.6 Å². The lowest BCUT2D eigenvalue weighted by Gasteiger charge is -2.26. The van der Waals surface area contributed by atoms with Crippen molar-refractivity contribution in [2.45, 2.75) is 31.7 Å². The maximum absolute atomic E-state index is 12.4. The van der Waals surface area contributed by atoms with Gasteiger partial charge in [0.15, 0.2) is 0 Å². The van der Waals surface area contributed by atoms with Gasteiger partial charge in [-0.05, 0) is 13.3 Å². The highest BCUT2D eigenvalue weighted by Gasteiger charge is 2.38. The minimum atomic E-state index is -0.943. The van der Waals surface area contributed by atoms with Crippen molar-refractivity contribution in [3.63, 3.8) is 0 Å². The molecule has 25 heavy (non-hydrogen) atoms. The first-order valence-corrected chi connectivity index (χ1v) is 8.96. The van der Waals surface area contributed by atoms with Crippen molar-refractivity contribution < 1.29 is 19.4 Å². The number of nitrogens with one attached hydrogen (secondary N) is 1. The van der Waals surface area contributed by atoms with E-state index in [2.05, 4.69) is 10.3 Å². The fourth-order valence-electron chi connectivity index (χ4n) is 2.90. The molecule has 1 aromatic heterocycles. The number of amides is 1. The van der Waals surface area contributed by atoms with Crippen LogP contribution < -0.4 is 5.32 Å². The molecule has 1 amide bonds. The van der Waals surface area contributed by atoms with Crippen LogP contribution in [0.3, 0.4) is 0 Å². The van der Waals surface area contributed by atoms with Gasteiger partial charge in [0.25, 0.3) is 0 Å². The molecule has 1 aliphatic rings. The van der Waals surface area contributed by atoms with Crippen LogP contribution in [-0.2, 0) is 20.7 Å². The van der Waals surface area contributed by atoms with Crippen LogP contribution in [0.2, 0.25) is 0 Å². The zero-order valence-electron chi connectivity index (χ0n) is 13.9. The molecular weight excluding hydrogens is 340 g/mol.